The first-order valence-corrected chi connectivity index (χ1v) is 5.93. The van der Waals surface area contributed by atoms with Crippen LogP contribution in [0.15, 0.2) is 30.5 Å². The van der Waals surface area contributed by atoms with Crippen molar-refractivity contribution >= 4 is 23.0 Å². The van der Waals surface area contributed by atoms with Crippen LogP contribution >= 0.6 is 12.2 Å². The molecule has 3 N–H and O–H groups in total. The zero-order chi connectivity index (χ0) is 13.8. The van der Waals surface area contributed by atoms with E-state index in [1.165, 1.54) is 12.1 Å². The Morgan fingerprint density at radius 1 is 1.53 bits per heavy atom. The minimum absolute atomic E-state index is 0.0861. The number of halogens is 1. The molecule has 0 aliphatic heterocycles. The van der Waals surface area contributed by atoms with Gasteiger partial charge in [-0.25, -0.2) is 4.39 Å². The van der Waals surface area contributed by atoms with Gasteiger partial charge in [0.2, 0.25) is 0 Å². The smallest absolute Gasteiger partial charge is 0.168 e. The highest BCUT2D eigenvalue weighted by atomic mass is 32.1. The van der Waals surface area contributed by atoms with Crippen molar-refractivity contribution in [1.29, 1.82) is 0 Å². The zero-order valence-electron chi connectivity index (χ0n) is 10.3. The van der Waals surface area contributed by atoms with Gasteiger partial charge in [0, 0.05) is 25.0 Å². The number of hydrogen-bond donors (Lipinski definition) is 2. The number of benzene rings is 1. The Morgan fingerprint density at radius 3 is 2.89 bits per heavy atom. The van der Waals surface area contributed by atoms with Crippen molar-refractivity contribution in [3.8, 4) is 5.75 Å². The Balaban J connectivity index is 2.05. The number of aryl methyl sites for hydroxylation is 1. The largest absolute Gasteiger partial charge is 0.484 e. The van der Waals surface area contributed by atoms with Crippen LogP contribution in [-0.2, 0) is 13.7 Å². The van der Waals surface area contributed by atoms with Crippen LogP contribution in [0, 0.1) is 5.82 Å². The van der Waals surface area contributed by atoms with E-state index < -0.39 is 5.82 Å². The third-order valence-electron chi connectivity index (χ3n) is 2.50. The number of thiocarbonyl (C=S) groups is 1. The normalized spacial score (nSPS) is 10.2. The third kappa shape index (κ3) is 3.41. The number of hydrogen-bond acceptors (Lipinski definition) is 3. The molecule has 0 saturated heterocycles. The van der Waals surface area contributed by atoms with Crippen molar-refractivity contribution in [2.75, 3.05) is 5.32 Å². The summed E-state index contributed by atoms with van der Waals surface area (Å²) in [6.07, 6.45) is 1.66. The second-order valence-electron chi connectivity index (χ2n) is 3.87. The summed E-state index contributed by atoms with van der Waals surface area (Å²) < 4.78 is 20.8. The monoisotopic (exact) mass is 280 g/mol. The quantitative estimate of drug-likeness (QED) is 0.836. The summed E-state index contributed by atoms with van der Waals surface area (Å²) in [5.41, 5.74) is 6.64. The molecule has 0 spiro atoms. The van der Waals surface area contributed by atoms with Crippen LogP contribution in [0.3, 0.4) is 0 Å². The maximum Gasteiger partial charge on any atom is 0.168 e. The van der Waals surface area contributed by atoms with Crippen LogP contribution < -0.4 is 15.8 Å². The van der Waals surface area contributed by atoms with E-state index in [9.17, 15) is 4.39 Å². The maximum atomic E-state index is 13.8. The van der Waals surface area contributed by atoms with Gasteiger partial charge in [0.1, 0.15) is 6.61 Å². The van der Waals surface area contributed by atoms with Gasteiger partial charge in [-0.05, 0) is 30.4 Å². The maximum absolute atomic E-state index is 13.8. The number of aromatic nitrogens is 2. The first kappa shape index (κ1) is 13.3. The van der Waals surface area contributed by atoms with E-state index in [1.807, 2.05) is 0 Å². The fraction of sp³-hybridized carbons (Fsp3) is 0.167. The molecule has 1 aromatic heterocycles. The summed E-state index contributed by atoms with van der Waals surface area (Å²) in [4.78, 5) is 0. The molecule has 1 aromatic carbocycles. The molecule has 0 bridgehead atoms. The minimum Gasteiger partial charge on any atom is -0.484 e. The number of anilines is 1. The fourth-order valence-corrected chi connectivity index (χ4v) is 1.65. The second-order valence-corrected chi connectivity index (χ2v) is 4.31. The highest BCUT2D eigenvalue weighted by Gasteiger charge is 2.07. The molecule has 0 aliphatic carbocycles. The molecular weight excluding hydrogens is 267 g/mol. The molecule has 0 fully saturated rings. The van der Waals surface area contributed by atoms with Crippen LogP contribution in [0.1, 0.15) is 5.69 Å². The van der Waals surface area contributed by atoms with Gasteiger partial charge in [-0.2, -0.15) is 5.10 Å². The average Bonchev–Trinajstić information content (AvgIpc) is 2.73. The number of nitrogens with two attached hydrogens (primary N) is 1. The van der Waals surface area contributed by atoms with E-state index in [2.05, 4.69) is 22.6 Å². The van der Waals surface area contributed by atoms with Gasteiger partial charge in [0.15, 0.2) is 16.7 Å². The molecule has 2 aromatic rings. The van der Waals surface area contributed by atoms with Crippen molar-refractivity contribution in [2.24, 2.45) is 12.8 Å². The van der Waals surface area contributed by atoms with Gasteiger partial charge in [0.25, 0.3) is 0 Å². The standard InChI is InChI=1S/C12H13FN4OS/c1-17-9(4-5-15-17)7-18-11-3-2-8(6-10(11)13)16-12(14)19/h2-6H,7H2,1H3,(H3,14,16,19). The Morgan fingerprint density at radius 2 is 2.32 bits per heavy atom. The molecule has 7 heteroatoms. The van der Waals surface area contributed by atoms with Crippen LogP contribution in [0.25, 0.3) is 0 Å². The zero-order valence-corrected chi connectivity index (χ0v) is 11.1. The summed E-state index contributed by atoms with van der Waals surface area (Å²) in [7, 11) is 1.80. The lowest BCUT2D eigenvalue weighted by molar-refractivity contribution is 0.280. The SMILES string of the molecule is Cn1nccc1COc1ccc(NC(N)=S)cc1F. The van der Waals surface area contributed by atoms with Gasteiger partial charge in [-0.3, -0.25) is 4.68 Å². The Labute approximate surface area is 115 Å². The minimum atomic E-state index is -0.483. The Kier molecular flexibility index (Phi) is 3.96. The van der Waals surface area contributed by atoms with Crippen molar-refractivity contribution in [2.45, 2.75) is 6.61 Å². The summed E-state index contributed by atoms with van der Waals surface area (Å²) in [5.74, 6) is -0.321. The van der Waals surface area contributed by atoms with Crippen molar-refractivity contribution < 1.29 is 9.13 Å². The molecule has 19 heavy (non-hydrogen) atoms. The molecular formula is C12H13FN4OS. The molecule has 0 amide bonds. The second kappa shape index (κ2) is 5.66. The first-order chi connectivity index (χ1) is 9.06. The first-order valence-electron chi connectivity index (χ1n) is 5.52. The summed E-state index contributed by atoms with van der Waals surface area (Å²) in [5, 5.41) is 6.74. The van der Waals surface area contributed by atoms with E-state index in [1.54, 1.807) is 30.1 Å². The van der Waals surface area contributed by atoms with Crippen molar-refractivity contribution in [3.05, 3.63) is 42.0 Å². The molecule has 0 radical (unpaired) electrons. The molecule has 2 rings (SSSR count). The molecule has 1 heterocycles. The van der Waals surface area contributed by atoms with Crippen molar-refractivity contribution in [3.63, 3.8) is 0 Å². The van der Waals surface area contributed by atoms with Gasteiger partial charge in [-0.15, -0.1) is 0 Å². The number of nitrogens with zero attached hydrogens (tertiary/aromatic N) is 2. The Hall–Kier alpha value is -2.15. The number of ether oxygens (including phenoxy) is 1. The fourth-order valence-electron chi connectivity index (χ4n) is 1.53. The number of nitrogens with one attached hydrogen (secondary N) is 1. The average molecular weight is 280 g/mol. The molecule has 0 saturated carbocycles. The highest BCUT2D eigenvalue weighted by molar-refractivity contribution is 7.80. The van der Waals surface area contributed by atoms with E-state index >= 15 is 0 Å². The van der Waals surface area contributed by atoms with Crippen molar-refractivity contribution in [1.82, 2.24) is 9.78 Å². The molecule has 100 valence electrons. The molecule has 5 nitrogen and oxygen atoms in total. The summed E-state index contributed by atoms with van der Waals surface area (Å²) >= 11 is 4.68. The van der Waals surface area contributed by atoms with Crippen LogP contribution in [-0.4, -0.2) is 14.9 Å². The molecule has 0 atom stereocenters. The van der Waals surface area contributed by atoms with Gasteiger partial charge < -0.3 is 15.8 Å². The van der Waals surface area contributed by atoms with E-state index in [0.29, 0.717) is 5.69 Å². The highest BCUT2D eigenvalue weighted by Crippen LogP contribution is 2.22. The van der Waals surface area contributed by atoms with E-state index in [0.717, 1.165) is 5.69 Å². The third-order valence-corrected chi connectivity index (χ3v) is 2.60. The lowest BCUT2D eigenvalue weighted by atomic mass is 10.3. The molecule has 0 aliphatic rings. The van der Waals surface area contributed by atoms with Gasteiger partial charge >= 0.3 is 0 Å². The van der Waals surface area contributed by atoms with Gasteiger partial charge in [-0.1, -0.05) is 0 Å². The van der Waals surface area contributed by atoms with E-state index in [4.69, 9.17) is 10.5 Å². The van der Waals surface area contributed by atoms with E-state index in [-0.39, 0.29) is 17.5 Å². The summed E-state index contributed by atoms with van der Waals surface area (Å²) in [6.45, 7) is 0.246. The lowest BCUT2D eigenvalue weighted by Crippen LogP contribution is -2.18. The van der Waals surface area contributed by atoms with Crippen LogP contribution in [0.5, 0.6) is 5.75 Å². The number of rotatable bonds is 4. The summed E-state index contributed by atoms with van der Waals surface area (Å²) in [6, 6.07) is 6.24. The predicted octanol–water partition coefficient (Wildman–Crippen LogP) is 1.79. The topological polar surface area (TPSA) is 65.1 Å². The predicted molar refractivity (Wildman–Crippen MR) is 74.3 cm³/mol. The Bertz CT molecular complexity index is 599. The van der Waals surface area contributed by atoms with Gasteiger partial charge in [0.05, 0.1) is 5.69 Å². The van der Waals surface area contributed by atoms with Crippen LogP contribution in [0.4, 0.5) is 10.1 Å². The van der Waals surface area contributed by atoms with Crippen LogP contribution in [0.2, 0.25) is 0 Å². The lowest BCUT2D eigenvalue weighted by Gasteiger charge is -2.09. The molecule has 0 unspecified atom stereocenters.